The molecule has 0 radical (unpaired) electrons. The summed E-state index contributed by atoms with van der Waals surface area (Å²) < 4.78 is 0. The average Bonchev–Trinajstić information content (AvgIpc) is 2.35. The molecule has 1 saturated heterocycles. The molecule has 0 spiro atoms. The van der Waals surface area contributed by atoms with Crippen molar-refractivity contribution in [2.45, 2.75) is 32.9 Å². The smallest absolute Gasteiger partial charge is 0.254 e. The maximum absolute atomic E-state index is 12.6. The van der Waals surface area contributed by atoms with Gasteiger partial charge < -0.3 is 10.2 Å². The molecule has 1 amide bonds. The van der Waals surface area contributed by atoms with Gasteiger partial charge in [-0.3, -0.25) is 4.79 Å². The molecule has 1 aliphatic heterocycles. The monoisotopic (exact) mass is 302 g/mol. The third-order valence-corrected chi connectivity index (χ3v) is 3.93. The van der Waals surface area contributed by atoms with E-state index in [1.54, 1.807) is 0 Å². The van der Waals surface area contributed by atoms with Crippen LogP contribution in [0.25, 0.3) is 0 Å². The number of piperazine rings is 1. The minimum Gasteiger partial charge on any atom is -0.333 e. The molecule has 1 fully saturated rings. The predicted molar refractivity (Wildman–Crippen MR) is 81.4 cm³/mol. The highest BCUT2D eigenvalue weighted by Crippen LogP contribution is 2.21. The molecule has 0 aliphatic carbocycles. The van der Waals surface area contributed by atoms with Gasteiger partial charge >= 0.3 is 0 Å². The number of nitrogens with zero attached hydrogens (tertiary/aromatic N) is 1. The molecule has 1 N–H and O–H groups in total. The summed E-state index contributed by atoms with van der Waals surface area (Å²) in [6, 6.07) is 6.05. The van der Waals surface area contributed by atoms with Crippen LogP contribution in [0.4, 0.5) is 0 Å². The number of hydrogen-bond acceptors (Lipinski definition) is 2. The lowest BCUT2D eigenvalue weighted by Gasteiger charge is -2.37. The molecule has 0 bridgehead atoms. The van der Waals surface area contributed by atoms with Gasteiger partial charge in [-0.05, 0) is 38.5 Å². The number of carbonyl (C=O) groups is 1. The summed E-state index contributed by atoms with van der Waals surface area (Å²) in [5.74, 6) is 0.0795. The van der Waals surface area contributed by atoms with Gasteiger partial charge in [-0.25, -0.2) is 0 Å². The highest BCUT2D eigenvalue weighted by molar-refractivity contribution is 6.31. The summed E-state index contributed by atoms with van der Waals surface area (Å²) in [6.07, 6.45) is 0. The Morgan fingerprint density at radius 3 is 2.79 bits per heavy atom. The van der Waals surface area contributed by atoms with E-state index in [2.05, 4.69) is 19.2 Å². The molecule has 2 unspecified atom stereocenters. The highest BCUT2D eigenvalue weighted by atomic mass is 35.5. The van der Waals surface area contributed by atoms with Crippen LogP contribution in [0, 0.1) is 6.92 Å². The fourth-order valence-electron chi connectivity index (χ4n) is 2.30. The fourth-order valence-corrected chi connectivity index (χ4v) is 2.47. The van der Waals surface area contributed by atoms with E-state index in [0.717, 1.165) is 18.7 Å². The molecule has 3 nitrogen and oxygen atoms in total. The summed E-state index contributed by atoms with van der Waals surface area (Å²) in [5.41, 5.74) is 1.58. The van der Waals surface area contributed by atoms with Gasteiger partial charge in [-0.1, -0.05) is 17.7 Å². The Morgan fingerprint density at radius 2 is 2.11 bits per heavy atom. The normalized spacial score (nSPS) is 22.8. The van der Waals surface area contributed by atoms with Crippen molar-refractivity contribution in [2.24, 2.45) is 0 Å². The van der Waals surface area contributed by atoms with Crippen molar-refractivity contribution in [3.05, 3.63) is 34.3 Å². The zero-order valence-electron chi connectivity index (χ0n) is 11.4. The van der Waals surface area contributed by atoms with Crippen LogP contribution in [0.15, 0.2) is 18.2 Å². The number of benzene rings is 1. The van der Waals surface area contributed by atoms with Gasteiger partial charge in [-0.15, -0.1) is 12.4 Å². The van der Waals surface area contributed by atoms with Crippen LogP contribution < -0.4 is 5.32 Å². The van der Waals surface area contributed by atoms with E-state index in [0.29, 0.717) is 16.6 Å². The first-order chi connectivity index (χ1) is 8.50. The molecular weight excluding hydrogens is 283 g/mol. The quantitative estimate of drug-likeness (QED) is 0.865. The first-order valence-electron chi connectivity index (χ1n) is 6.30. The standard InChI is InChI=1S/C14H19ClN2O.ClH/c1-9-8-17(10(2)7-16-9)14(18)12-5-4-6-13(15)11(12)3;/h4-6,9-10,16H,7-8H2,1-3H3;1H. The fraction of sp³-hybridized carbons (Fsp3) is 0.500. The van der Waals surface area contributed by atoms with Gasteiger partial charge in [0.1, 0.15) is 0 Å². The Morgan fingerprint density at radius 1 is 1.42 bits per heavy atom. The second-order valence-electron chi connectivity index (χ2n) is 5.03. The molecule has 0 saturated carbocycles. The van der Waals surface area contributed by atoms with Gasteiger partial charge in [0, 0.05) is 35.8 Å². The molecule has 0 aromatic heterocycles. The minimum atomic E-state index is 0. The lowest BCUT2D eigenvalue weighted by atomic mass is 10.0. The van der Waals surface area contributed by atoms with E-state index in [9.17, 15) is 4.79 Å². The molecule has 1 aromatic rings. The number of rotatable bonds is 1. The number of halogens is 2. The molecule has 2 rings (SSSR count). The lowest BCUT2D eigenvalue weighted by Crippen LogP contribution is -2.56. The number of nitrogens with one attached hydrogen (secondary N) is 1. The van der Waals surface area contributed by atoms with Crippen molar-refractivity contribution in [1.82, 2.24) is 10.2 Å². The average molecular weight is 303 g/mol. The van der Waals surface area contributed by atoms with Crippen LogP contribution >= 0.6 is 24.0 Å². The van der Waals surface area contributed by atoms with Crippen molar-refractivity contribution in [3.8, 4) is 0 Å². The van der Waals surface area contributed by atoms with Crippen molar-refractivity contribution in [2.75, 3.05) is 13.1 Å². The first kappa shape index (κ1) is 16.3. The highest BCUT2D eigenvalue weighted by Gasteiger charge is 2.28. The summed E-state index contributed by atoms with van der Waals surface area (Å²) >= 11 is 6.08. The Hall–Kier alpha value is -0.770. The second kappa shape index (κ2) is 6.60. The Balaban J connectivity index is 0.00000180. The summed E-state index contributed by atoms with van der Waals surface area (Å²) in [5, 5.41) is 4.02. The minimum absolute atomic E-state index is 0. The van der Waals surface area contributed by atoms with Crippen LogP contribution in [-0.4, -0.2) is 36.0 Å². The van der Waals surface area contributed by atoms with Crippen molar-refractivity contribution >= 4 is 29.9 Å². The molecule has 1 heterocycles. The maximum Gasteiger partial charge on any atom is 0.254 e. The summed E-state index contributed by atoms with van der Waals surface area (Å²) in [6.45, 7) is 7.64. The third kappa shape index (κ3) is 3.41. The van der Waals surface area contributed by atoms with Crippen LogP contribution in [0.2, 0.25) is 5.02 Å². The van der Waals surface area contributed by atoms with Gasteiger partial charge in [0.2, 0.25) is 0 Å². The van der Waals surface area contributed by atoms with E-state index in [-0.39, 0.29) is 24.4 Å². The van der Waals surface area contributed by atoms with Crippen molar-refractivity contribution in [1.29, 1.82) is 0 Å². The molecule has 1 aromatic carbocycles. The van der Waals surface area contributed by atoms with E-state index >= 15 is 0 Å². The zero-order valence-corrected chi connectivity index (χ0v) is 13.0. The maximum atomic E-state index is 12.6. The lowest BCUT2D eigenvalue weighted by molar-refractivity contribution is 0.0615. The van der Waals surface area contributed by atoms with Crippen LogP contribution in [0.5, 0.6) is 0 Å². The van der Waals surface area contributed by atoms with Crippen LogP contribution in [0.1, 0.15) is 29.8 Å². The van der Waals surface area contributed by atoms with Crippen LogP contribution in [-0.2, 0) is 0 Å². The van der Waals surface area contributed by atoms with Gasteiger partial charge in [-0.2, -0.15) is 0 Å². The summed E-state index contributed by atoms with van der Waals surface area (Å²) in [7, 11) is 0. The first-order valence-corrected chi connectivity index (χ1v) is 6.68. The van der Waals surface area contributed by atoms with E-state index in [1.165, 1.54) is 0 Å². The number of carbonyl (C=O) groups excluding carboxylic acids is 1. The van der Waals surface area contributed by atoms with Crippen molar-refractivity contribution in [3.63, 3.8) is 0 Å². The summed E-state index contributed by atoms with van der Waals surface area (Å²) in [4.78, 5) is 14.5. The molecular formula is C14H20Cl2N2O. The third-order valence-electron chi connectivity index (χ3n) is 3.52. The van der Waals surface area contributed by atoms with E-state index in [4.69, 9.17) is 11.6 Å². The molecule has 106 valence electrons. The molecule has 1 aliphatic rings. The molecule has 5 heteroatoms. The molecule has 19 heavy (non-hydrogen) atoms. The number of hydrogen-bond donors (Lipinski definition) is 1. The second-order valence-corrected chi connectivity index (χ2v) is 5.44. The van der Waals surface area contributed by atoms with Gasteiger partial charge in [0.25, 0.3) is 5.91 Å². The molecule has 2 atom stereocenters. The number of amides is 1. The zero-order chi connectivity index (χ0) is 13.3. The van der Waals surface area contributed by atoms with Gasteiger partial charge in [0.05, 0.1) is 0 Å². The topological polar surface area (TPSA) is 32.3 Å². The van der Waals surface area contributed by atoms with Crippen molar-refractivity contribution < 1.29 is 4.79 Å². The van der Waals surface area contributed by atoms with Gasteiger partial charge in [0.15, 0.2) is 0 Å². The Bertz CT molecular complexity index is 465. The van der Waals surface area contributed by atoms with E-state index in [1.807, 2.05) is 30.0 Å². The van der Waals surface area contributed by atoms with Crippen LogP contribution in [0.3, 0.4) is 0 Å². The predicted octanol–water partition coefficient (Wildman–Crippen LogP) is 2.89. The largest absolute Gasteiger partial charge is 0.333 e. The Labute approximate surface area is 125 Å². The Kier molecular flexibility index (Phi) is 5.65. The van der Waals surface area contributed by atoms with E-state index < -0.39 is 0 Å². The SMILES string of the molecule is Cc1c(Cl)cccc1C(=O)N1CC(C)NCC1C.Cl.